The lowest BCUT2D eigenvalue weighted by atomic mass is 10.1. The molecule has 5 rings (SSSR count). The molecular weight excluding hydrogens is 456 g/mol. The number of hydrogen-bond donors (Lipinski definition) is 1. The van der Waals surface area contributed by atoms with Crippen LogP contribution in [0.15, 0.2) is 61.2 Å². The van der Waals surface area contributed by atoms with E-state index in [1.807, 2.05) is 35.2 Å². The number of benzene rings is 2. The van der Waals surface area contributed by atoms with E-state index in [0.29, 0.717) is 61.2 Å². The summed E-state index contributed by atoms with van der Waals surface area (Å²) in [6, 6.07) is 11.3. The maximum Gasteiger partial charge on any atom is 0.227 e. The highest BCUT2D eigenvalue weighted by molar-refractivity contribution is 5.83. The van der Waals surface area contributed by atoms with Crippen LogP contribution < -0.4 is 10.1 Å². The molecule has 1 N–H and O–H groups in total. The van der Waals surface area contributed by atoms with Gasteiger partial charge in [-0.2, -0.15) is 0 Å². The molecule has 1 aliphatic rings. The molecule has 0 atom stereocenters. The van der Waals surface area contributed by atoms with Gasteiger partial charge in [-0.25, -0.2) is 9.97 Å². The van der Waals surface area contributed by atoms with E-state index in [9.17, 15) is 4.79 Å². The number of hydrogen-bond acceptors (Lipinski definition) is 8. The lowest BCUT2D eigenvalue weighted by Crippen LogP contribution is -2.41. The van der Waals surface area contributed by atoms with Crippen LogP contribution in [0.4, 0.5) is 11.6 Å². The van der Waals surface area contributed by atoms with Crippen molar-refractivity contribution in [3.05, 3.63) is 78.0 Å². The highest BCUT2D eigenvalue weighted by atomic mass is 16.5. The van der Waals surface area contributed by atoms with Crippen LogP contribution in [0.5, 0.6) is 5.75 Å². The smallest absolute Gasteiger partial charge is 0.227 e. The zero-order valence-electron chi connectivity index (χ0n) is 19.6. The number of nitrogens with one attached hydrogen (secondary N) is 1. The molecule has 180 valence electrons. The molecular formula is C27H24N6O3. The van der Waals surface area contributed by atoms with Crippen molar-refractivity contribution in [2.75, 3.05) is 31.6 Å². The first-order valence-electron chi connectivity index (χ1n) is 11.5. The Balaban J connectivity index is 1.32. The second-order valence-electron chi connectivity index (χ2n) is 8.23. The Morgan fingerprint density at radius 2 is 2.03 bits per heavy atom. The minimum Gasteiger partial charge on any atom is -0.486 e. The molecule has 9 nitrogen and oxygen atoms in total. The van der Waals surface area contributed by atoms with Crippen molar-refractivity contribution < 1.29 is 14.3 Å². The van der Waals surface area contributed by atoms with Crippen molar-refractivity contribution in [1.29, 1.82) is 0 Å². The van der Waals surface area contributed by atoms with Crippen molar-refractivity contribution in [3.8, 4) is 18.1 Å². The molecule has 36 heavy (non-hydrogen) atoms. The Morgan fingerprint density at radius 1 is 1.14 bits per heavy atom. The second-order valence-corrected chi connectivity index (χ2v) is 8.23. The lowest BCUT2D eigenvalue weighted by molar-refractivity contribution is -0.134. The summed E-state index contributed by atoms with van der Waals surface area (Å²) in [4.78, 5) is 31.8. The van der Waals surface area contributed by atoms with E-state index in [1.54, 1.807) is 30.9 Å². The van der Waals surface area contributed by atoms with Crippen LogP contribution in [0.1, 0.15) is 16.8 Å². The number of rotatable bonds is 7. The van der Waals surface area contributed by atoms with Crippen molar-refractivity contribution in [3.63, 3.8) is 0 Å². The van der Waals surface area contributed by atoms with E-state index < -0.39 is 0 Å². The Kier molecular flexibility index (Phi) is 6.96. The van der Waals surface area contributed by atoms with E-state index in [1.165, 1.54) is 0 Å². The third-order valence-electron chi connectivity index (χ3n) is 5.73. The second kappa shape index (κ2) is 10.8. The molecule has 0 bridgehead atoms. The van der Waals surface area contributed by atoms with Crippen LogP contribution in [0.25, 0.3) is 10.9 Å². The van der Waals surface area contributed by atoms with Crippen LogP contribution >= 0.6 is 0 Å². The summed E-state index contributed by atoms with van der Waals surface area (Å²) in [6.45, 7) is 2.67. The molecule has 0 spiro atoms. The number of carbonyl (C=O) groups excluding carboxylic acids is 1. The summed E-state index contributed by atoms with van der Waals surface area (Å²) in [5, 5.41) is 4.03. The number of carbonyl (C=O) groups is 1. The number of terminal acetylenes is 1. The van der Waals surface area contributed by atoms with Crippen molar-refractivity contribution >= 4 is 28.4 Å². The van der Waals surface area contributed by atoms with Gasteiger partial charge in [0, 0.05) is 48.8 Å². The summed E-state index contributed by atoms with van der Waals surface area (Å²) in [5.41, 5.74) is 3.68. The molecule has 0 aliphatic carbocycles. The maximum absolute atomic E-state index is 12.6. The van der Waals surface area contributed by atoms with E-state index in [4.69, 9.17) is 15.9 Å². The molecule has 0 saturated carbocycles. The molecule has 1 aliphatic heterocycles. The average Bonchev–Trinajstić information content (AvgIpc) is 2.92. The normalized spacial score (nSPS) is 13.2. The van der Waals surface area contributed by atoms with Gasteiger partial charge in [-0.15, -0.1) is 6.42 Å². The molecule has 1 saturated heterocycles. The van der Waals surface area contributed by atoms with Crippen LogP contribution in [-0.2, 0) is 22.6 Å². The van der Waals surface area contributed by atoms with Crippen molar-refractivity contribution in [1.82, 2.24) is 24.8 Å². The zero-order chi connectivity index (χ0) is 24.7. The first kappa shape index (κ1) is 23.2. The van der Waals surface area contributed by atoms with Gasteiger partial charge in [0.05, 0.1) is 42.6 Å². The summed E-state index contributed by atoms with van der Waals surface area (Å²) in [5.74, 6) is 3.70. The fourth-order valence-corrected chi connectivity index (χ4v) is 3.90. The number of nitrogens with zero attached hydrogens (tertiary/aromatic N) is 5. The molecule has 9 heteroatoms. The number of fused-ring (bicyclic) bond motifs is 1. The summed E-state index contributed by atoms with van der Waals surface area (Å²) in [7, 11) is 0. The highest BCUT2D eigenvalue weighted by Crippen LogP contribution is 2.26. The third kappa shape index (κ3) is 5.56. The molecule has 2 aromatic carbocycles. The Morgan fingerprint density at radius 3 is 2.83 bits per heavy atom. The van der Waals surface area contributed by atoms with Gasteiger partial charge in [0.25, 0.3) is 0 Å². The fraction of sp³-hybridized carbons (Fsp3) is 0.222. The van der Waals surface area contributed by atoms with Gasteiger partial charge < -0.3 is 19.7 Å². The largest absolute Gasteiger partial charge is 0.486 e. The molecule has 2 aromatic heterocycles. The standard InChI is InChI=1S/C27H24N6O3/c1-2-20-14-21-16-30-27(32-24(21)15-25(20)36-18-23-17-28-6-7-29-23)31-22-5-3-4-19(12-22)13-26(34)33-8-10-35-11-9-33/h1,3-7,12,14-17H,8-11,13,18H2,(H,30,31,32). The molecule has 0 unspecified atom stereocenters. The number of aromatic nitrogens is 4. The van der Waals surface area contributed by atoms with Gasteiger partial charge in [-0.3, -0.25) is 14.8 Å². The maximum atomic E-state index is 12.6. The molecule has 0 radical (unpaired) electrons. The predicted molar refractivity (Wildman–Crippen MR) is 135 cm³/mol. The van der Waals surface area contributed by atoms with E-state index in [0.717, 1.165) is 16.6 Å². The first-order chi connectivity index (χ1) is 17.7. The van der Waals surface area contributed by atoms with Crippen LogP contribution in [0.3, 0.4) is 0 Å². The molecule has 1 amide bonds. The topological polar surface area (TPSA) is 102 Å². The minimum atomic E-state index is 0.0933. The van der Waals surface area contributed by atoms with Crippen molar-refractivity contribution in [2.45, 2.75) is 13.0 Å². The lowest BCUT2D eigenvalue weighted by Gasteiger charge is -2.26. The monoisotopic (exact) mass is 480 g/mol. The average molecular weight is 481 g/mol. The molecule has 3 heterocycles. The highest BCUT2D eigenvalue weighted by Gasteiger charge is 2.17. The summed E-state index contributed by atoms with van der Waals surface area (Å²) < 4.78 is 11.2. The number of amides is 1. The summed E-state index contributed by atoms with van der Waals surface area (Å²) >= 11 is 0. The van der Waals surface area contributed by atoms with Gasteiger partial charge in [-0.1, -0.05) is 18.1 Å². The quantitative estimate of drug-likeness (QED) is 0.403. The molecule has 4 aromatic rings. The fourth-order valence-electron chi connectivity index (χ4n) is 3.90. The minimum absolute atomic E-state index is 0.0933. The number of morpholine rings is 1. The first-order valence-corrected chi connectivity index (χ1v) is 11.5. The van der Waals surface area contributed by atoms with Crippen LogP contribution in [0, 0.1) is 12.3 Å². The zero-order valence-corrected chi connectivity index (χ0v) is 19.6. The third-order valence-corrected chi connectivity index (χ3v) is 5.73. The van der Waals surface area contributed by atoms with Gasteiger partial charge in [-0.05, 0) is 23.8 Å². The van der Waals surface area contributed by atoms with E-state index in [2.05, 4.69) is 31.2 Å². The molecule has 1 fully saturated rings. The summed E-state index contributed by atoms with van der Waals surface area (Å²) in [6.07, 6.45) is 12.6. The van der Waals surface area contributed by atoms with E-state index >= 15 is 0 Å². The van der Waals surface area contributed by atoms with Gasteiger partial charge >= 0.3 is 0 Å². The Hall–Kier alpha value is -4.55. The Bertz CT molecular complexity index is 1410. The number of ether oxygens (including phenoxy) is 2. The van der Waals surface area contributed by atoms with Crippen LogP contribution in [-0.4, -0.2) is 57.0 Å². The SMILES string of the molecule is C#Cc1cc2cnc(Nc3cccc(CC(=O)N4CCOCC4)c3)nc2cc1OCc1cnccn1. The predicted octanol–water partition coefficient (Wildman–Crippen LogP) is 3.13. The van der Waals surface area contributed by atoms with Gasteiger partial charge in [0.1, 0.15) is 12.4 Å². The van der Waals surface area contributed by atoms with E-state index in [-0.39, 0.29) is 12.5 Å². The number of anilines is 2. The van der Waals surface area contributed by atoms with Gasteiger partial charge in [0.2, 0.25) is 11.9 Å². The van der Waals surface area contributed by atoms with Gasteiger partial charge in [0.15, 0.2) is 0 Å². The van der Waals surface area contributed by atoms with Crippen molar-refractivity contribution in [2.24, 2.45) is 0 Å². The van der Waals surface area contributed by atoms with Crippen LogP contribution in [0.2, 0.25) is 0 Å². The Labute approximate surface area is 208 Å².